The van der Waals surface area contributed by atoms with E-state index in [9.17, 15) is 14.4 Å². The van der Waals surface area contributed by atoms with Gasteiger partial charge in [0.05, 0.1) is 12.8 Å². The van der Waals surface area contributed by atoms with Crippen molar-refractivity contribution in [1.82, 2.24) is 20.3 Å². The van der Waals surface area contributed by atoms with Crippen LogP contribution in [0, 0.1) is 6.92 Å². The van der Waals surface area contributed by atoms with Crippen LogP contribution in [0.2, 0.25) is 0 Å². The van der Waals surface area contributed by atoms with E-state index in [0.717, 1.165) is 44.2 Å². The van der Waals surface area contributed by atoms with Crippen LogP contribution in [-0.2, 0) is 38.6 Å². The summed E-state index contributed by atoms with van der Waals surface area (Å²) in [6, 6.07) is 23.7. The number of aromatic nitrogens is 2. The van der Waals surface area contributed by atoms with Crippen LogP contribution in [0.1, 0.15) is 29.3 Å². The molecule has 43 heavy (non-hydrogen) atoms. The molecule has 0 saturated heterocycles. The maximum absolute atomic E-state index is 13.4. The Kier molecular flexibility index (Phi) is 9.16. The van der Waals surface area contributed by atoms with Crippen molar-refractivity contribution in [3.8, 4) is 0 Å². The number of H-pyrrole nitrogens is 1. The molecule has 220 valence electrons. The van der Waals surface area contributed by atoms with Gasteiger partial charge in [-0.3, -0.25) is 9.59 Å². The molecule has 0 unspecified atom stereocenters. The molecule has 3 aromatic carbocycles. The number of nitrogens with one attached hydrogen (secondary N) is 3. The Morgan fingerprint density at radius 1 is 0.953 bits per heavy atom. The summed E-state index contributed by atoms with van der Waals surface area (Å²) < 4.78 is 12.4. The lowest BCUT2D eigenvalue weighted by Gasteiger charge is -2.17. The predicted octanol–water partition coefficient (Wildman–Crippen LogP) is 4.98. The van der Waals surface area contributed by atoms with Gasteiger partial charge in [0.1, 0.15) is 19.2 Å². The maximum atomic E-state index is 13.4. The lowest BCUT2D eigenvalue weighted by atomic mass is 10.0. The van der Waals surface area contributed by atoms with Crippen LogP contribution in [0.5, 0.6) is 0 Å². The number of nitrogens with zero attached hydrogens (tertiary/aromatic N) is 2. The molecular formula is C33H33N5O5. The summed E-state index contributed by atoms with van der Waals surface area (Å²) in [7, 11) is 0. The monoisotopic (exact) mass is 579 g/mol. The fourth-order valence-corrected chi connectivity index (χ4v) is 5.04. The number of benzene rings is 3. The van der Waals surface area contributed by atoms with Crippen LogP contribution >= 0.6 is 0 Å². The quantitative estimate of drug-likeness (QED) is 0.116. The normalized spacial score (nSPS) is 12.0. The van der Waals surface area contributed by atoms with Gasteiger partial charge in [-0.2, -0.15) is 5.10 Å². The first-order valence-corrected chi connectivity index (χ1v) is 14.0. The number of esters is 1. The van der Waals surface area contributed by atoms with E-state index in [1.165, 1.54) is 0 Å². The molecular weight excluding hydrogens is 546 g/mol. The Morgan fingerprint density at radius 2 is 1.67 bits per heavy atom. The van der Waals surface area contributed by atoms with E-state index in [1.54, 1.807) is 13.1 Å². The Bertz CT molecular complexity index is 1770. The van der Waals surface area contributed by atoms with Crippen LogP contribution < -0.4 is 10.7 Å². The molecule has 5 rings (SSSR count). The van der Waals surface area contributed by atoms with Crippen LogP contribution in [0.15, 0.2) is 90.2 Å². The van der Waals surface area contributed by atoms with Gasteiger partial charge in [0, 0.05) is 45.7 Å². The number of aromatic amines is 1. The number of alkyl carbamates (subject to hydrolysis) is 1. The van der Waals surface area contributed by atoms with E-state index in [1.807, 2.05) is 96.6 Å². The highest BCUT2D eigenvalue weighted by atomic mass is 16.5. The van der Waals surface area contributed by atoms with Gasteiger partial charge in [0.2, 0.25) is 0 Å². The molecule has 2 heterocycles. The first-order chi connectivity index (χ1) is 20.9. The average molecular weight is 580 g/mol. The SMILES string of the molecule is CCOC(=O)Cn1c(C)c(/C=N\NC(=O)[C@H](Cc2c[nH]c3ccccc23)NC(=O)OCc2ccccc2)c2ccccc21. The number of carbonyl (C=O) groups excluding carboxylic acids is 3. The van der Waals surface area contributed by atoms with Gasteiger partial charge in [-0.1, -0.05) is 66.7 Å². The summed E-state index contributed by atoms with van der Waals surface area (Å²) in [5.41, 5.74) is 7.60. The summed E-state index contributed by atoms with van der Waals surface area (Å²) in [5.74, 6) is -0.848. The zero-order valence-corrected chi connectivity index (χ0v) is 24.0. The fourth-order valence-electron chi connectivity index (χ4n) is 5.04. The van der Waals surface area contributed by atoms with Crippen LogP contribution in [-0.4, -0.2) is 46.4 Å². The minimum atomic E-state index is -0.967. The number of ether oxygens (including phenoxy) is 2. The molecule has 2 aromatic heterocycles. The van der Waals surface area contributed by atoms with Crippen molar-refractivity contribution in [2.24, 2.45) is 5.10 Å². The third kappa shape index (κ3) is 6.92. The van der Waals surface area contributed by atoms with Gasteiger partial charge in [-0.25, -0.2) is 10.2 Å². The lowest BCUT2D eigenvalue weighted by Crippen LogP contribution is -2.47. The van der Waals surface area contributed by atoms with Crippen molar-refractivity contribution in [3.63, 3.8) is 0 Å². The van der Waals surface area contributed by atoms with Crippen molar-refractivity contribution in [2.45, 2.75) is 39.5 Å². The first-order valence-electron chi connectivity index (χ1n) is 14.0. The summed E-state index contributed by atoms with van der Waals surface area (Å²) in [5, 5.41) is 8.77. The first kappa shape index (κ1) is 29.1. The van der Waals surface area contributed by atoms with E-state index in [4.69, 9.17) is 9.47 Å². The third-order valence-electron chi connectivity index (χ3n) is 7.16. The molecule has 0 aliphatic rings. The molecule has 0 spiro atoms. The number of carbonyl (C=O) groups is 3. The van der Waals surface area contributed by atoms with Gasteiger partial charge >= 0.3 is 12.1 Å². The summed E-state index contributed by atoms with van der Waals surface area (Å²) in [6.07, 6.45) is 2.87. The van der Waals surface area contributed by atoms with Gasteiger partial charge in [0.15, 0.2) is 0 Å². The van der Waals surface area contributed by atoms with Crippen LogP contribution in [0.25, 0.3) is 21.8 Å². The number of rotatable bonds is 11. The number of hydrazone groups is 1. The van der Waals surface area contributed by atoms with E-state index in [2.05, 4.69) is 20.8 Å². The molecule has 0 fully saturated rings. The van der Waals surface area contributed by atoms with Crippen molar-refractivity contribution >= 4 is 46.0 Å². The molecule has 0 radical (unpaired) electrons. The Labute approximate surface area is 248 Å². The average Bonchev–Trinajstić information content (AvgIpc) is 3.54. The fraction of sp³-hybridized carbons (Fsp3) is 0.212. The number of hydrogen-bond donors (Lipinski definition) is 3. The van der Waals surface area contributed by atoms with E-state index >= 15 is 0 Å². The Hall–Kier alpha value is -5.38. The Balaban J connectivity index is 1.34. The molecule has 0 saturated carbocycles. The van der Waals surface area contributed by atoms with Gasteiger partial charge in [0.25, 0.3) is 5.91 Å². The molecule has 5 aromatic rings. The molecule has 0 bridgehead atoms. The largest absolute Gasteiger partial charge is 0.465 e. The van der Waals surface area contributed by atoms with Crippen molar-refractivity contribution in [3.05, 3.63) is 107 Å². The second kappa shape index (κ2) is 13.5. The lowest BCUT2D eigenvalue weighted by molar-refractivity contribution is -0.143. The molecule has 3 N–H and O–H groups in total. The smallest absolute Gasteiger partial charge is 0.408 e. The molecule has 2 amide bonds. The highest BCUT2D eigenvalue weighted by Gasteiger charge is 2.24. The Morgan fingerprint density at radius 3 is 2.47 bits per heavy atom. The van der Waals surface area contributed by atoms with Gasteiger partial charge in [-0.15, -0.1) is 0 Å². The number of hydrogen-bond acceptors (Lipinski definition) is 6. The maximum Gasteiger partial charge on any atom is 0.408 e. The molecule has 0 aliphatic heterocycles. The second-order valence-electron chi connectivity index (χ2n) is 9.96. The summed E-state index contributed by atoms with van der Waals surface area (Å²) >= 11 is 0. The minimum Gasteiger partial charge on any atom is -0.465 e. The number of para-hydroxylation sites is 2. The van der Waals surface area contributed by atoms with E-state index in [0.29, 0.717) is 6.61 Å². The van der Waals surface area contributed by atoms with Crippen molar-refractivity contribution < 1.29 is 23.9 Å². The summed E-state index contributed by atoms with van der Waals surface area (Å²) in [6.45, 7) is 4.07. The molecule has 10 nitrogen and oxygen atoms in total. The third-order valence-corrected chi connectivity index (χ3v) is 7.16. The van der Waals surface area contributed by atoms with E-state index in [-0.39, 0.29) is 25.5 Å². The molecule has 10 heteroatoms. The molecule has 1 atom stereocenters. The van der Waals surface area contributed by atoms with Gasteiger partial charge < -0.3 is 24.3 Å². The summed E-state index contributed by atoms with van der Waals surface area (Å²) in [4.78, 5) is 41.6. The minimum absolute atomic E-state index is 0.0576. The van der Waals surface area contributed by atoms with Gasteiger partial charge in [-0.05, 0) is 37.1 Å². The highest BCUT2D eigenvalue weighted by Crippen LogP contribution is 2.25. The zero-order valence-electron chi connectivity index (χ0n) is 24.0. The predicted molar refractivity (Wildman–Crippen MR) is 165 cm³/mol. The van der Waals surface area contributed by atoms with Crippen LogP contribution in [0.3, 0.4) is 0 Å². The highest BCUT2D eigenvalue weighted by molar-refractivity contribution is 6.02. The topological polar surface area (TPSA) is 127 Å². The standard InChI is InChI=1S/C33H33N5O5/c1-3-42-31(39)20-38-22(2)27(26-14-8-10-16-30(26)38)19-35-37-32(40)29(17-24-18-34-28-15-9-7-13-25(24)28)36-33(41)43-21-23-11-5-4-6-12-23/h4-16,18-19,29,34H,3,17,20-21H2,1-2H3,(H,36,41)(H,37,40)/b35-19-/t29-/m0/s1. The zero-order chi connectivity index (χ0) is 30.2. The van der Waals surface area contributed by atoms with E-state index < -0.39 is 18.0 Å². The number of amides is 2. The van der Waals surface area contributed by atoms with Crippen molar-refractivity contribution in [2.75, 3.05) is 6.61 Å². The van der Waals surface area contributed by atoms with Crippen LogP contribution in [0.4, 0.5) is 4.79 Å². The number of fused-ring (bicyclic) bond motifs is 2. The molecule has 0 aliphatic carbocycles. The second-order valence-corrected chi connectivity index (χ2v) is 9.96. The van der Waals surface area contributed by atoms with Crippen molar-refractivity contribution in [1.29, 1.82) is 0 Å².